The van der Waals surface area contributed by atoms with Crippen molar-refractivity contribution >= 4 is 16.9 Å². The highest BCUT2D eigenvalue weighted by atomic mass is 19.1. The van der Waals surface area contributed by atoms with E-state index in [0.29, 0.717) is 11.0 Å². The van der Waals surface area contributed by atoms with Crippen LogP contribution >= 0.6 is 0 Å². The fourth-order valence-corrected chi connectivity index (χ4v) is 2.27. The van der Waals surface area contributed by atoms with Crippen LogP contribution in [0.15, 0.2) is 18.6 Å². The first-order chi connectivity index (χ1) is 9.13. The quantitative estimate of drug-likeness (QED) is 0.684. The second-order valence-corrected chi connectivity index (χ2v) is 4.40. The minimum atomic E-state index is -1.65. The Morgan fingerprint density at radius 2 is 2.26 bits per heavy atom. The summed E-state index contributed by atoms with van der Waals surface area (Å²) in [6.07, 6.45) is -2.17. The normalized spacial score (nSPS) is 31.1. The number of hydrogen-bond acceptors (Lipinski definition) is 6. The molecule has 0 aliphatic carbocycles. The van der Waals surface area contributed by atoms with Crippen molar-refractivity contribution in [2.45, 2.75) is 24.6 Å². The molecule has 4 atom stereocenters. The lowest BCUT2D eigenvalue weighted by Crippen LogP contribution is -2.30. The van der Waals surface area contributed by atoms with Gasteiger partial charge in [0.2, 0.25) is 0 Å². The molecule has 1 aliphatic rings. The van der Waals surface area contributed by atoms with E-state index in [2.05, 4.69) is 9.97 Å². The number of aromatic nitrogens is 3. The van der Waals surface area contributed by atoms with E-state index in [1.807, 2.05) is 0 Å². The molecule has 0 bridgehead atoms. The zero-order valence-electron chi connectivity index (χ0n) is 9.85. The van der Waals surface area contributed by atoms with Crippen LogP contribution in [0.1, 0.15) is 6.23 Å². The van der Waals surface area contributed by atoms with Crippen molar-refractivity contribution in [3.05, 3.63) is 18.6 Å². The molecule has 2 aromatic rings. The second-order valence-electron chi connectivity index (χ2n) is 4.40. The molecule has 2 aromatic heterocycles. The number of aliphatic hydroxyl groups excluding tert-OH is 2. The van der Waals surface area contributed by atoms with E-state index in [1.165, 1.54) is 10.9 Å². The Hall–Kier alpha value is -1.77. The standard InChI is InChI=1S/C11H13FN4O3/c12-7-8(18)6(3-17)19-11(7)16-2-1-5-9(13)14-4-15-10(5)16/h1-2,4,6-8,11,17-18H,3H2,(H2,13,14,15)/t6-,7-,8?,11-/m1/s1. The molecule has 3 rings (SSSR count). The van der Waals surface area contributed by atoms with Gasteiger partial charge in [-0.15, -0.1) is 0 Å². The average molecular weight is 268 g/mol. The molecular formula is C11H13FN4O3. The van der Waals surface area contributed by atoms with Crippen molar-refractivity contribution in [1.29, 1.82) is 0 Å². The Morgan fingerprint density at radius 3 is 2.95 bits per heavy atom. The van der Waals surface area contributed by atoms with Crippen molar-refractivity contribution in [3.63, 3.8) is 0 Å². The summed E-state index contributed by atoms with van der Waals surface area (Å²) in [7, 11) is 0. The number of alkyl halides is 1. The summed E-state index contributed by atoms with van der Waals surface area (Å²) in [4.78, 5) is 7.88. The third-order valence-electron chi connectivity index (χ3n) is 3.29. The number of fused-ring (bicyclic) bond motifs is 1. The summed E-state index contributed by atoms with van der Waals surface area (Å²) in [5.74, 6) is 0.288. The van der Waals surface area contributed by atoms with Crippen LogP contribution in [0.2, 0.25) is 0 Å². The van der Waals surface area contributed by atoms with Crippen LogP contribution in [0.25, 0.3) is 11.0 Å². The van der Waals surface area contributed by atoms with Crippen LogP contribution in [-0.2, 0) is 4.74 Å². The number of ether oxygens (including phenoxy) is 1. The van der Waals surface area contributed by atoms with Gasteiger partial charge in [0.15, 0.2) is 12.4 Å². The molecule has 19 heavy (non-hydrogen) atoms. The number of anilines is 1. The van der Waals surface area contributed by atoms with Crippen LogP contribution in [0.4, 0.5) is 10.2 Å². The molecule has 1 unspecified atom stereocenters. The van der Waals surface area contributed by atoms with E-state index >= 15 is 0 Å². The van der Waals surface area contributed by atoms with Gasteiger partial charge in [-0.25, -0.2) is 14.4 Å². The molecule has 8 heteroatoms. The molecule has 0 radical (unpaired) electrons. The zero-order valence-corrected chi connectivity index (χ0v) is 9.85. The first-order valence-electron chi connectivity index (χ1n) is 5.79. The van der Waals surface area contributed by atoms with Crippen molar-refractivity contribution in [2.75, 3.05) is 12.3 Å². The summed E-state index contributed by atoms with van der Waals surface area (Å²) in [6, 6.07) is 1.65. The van der Waals surface area contributed by atoms with Crippen LogP contribution in [0, 0.1) is 0 Å². The number of nitrogen functional groups attached to an aromatic ring is 1. The largest absolute Gasteiger partial charge is 0.394 e. The fraction of sp³-hybridized carbons (Fsp3) is 0.455. The maximum absolute atomic E-state index is 14.0. The maximum Gasteiger partial charge on any atom is 0.173 e. The van der Waals surface area contributed by atoms with Gasteiger partial charge in [0.05, 0.1) is 12.0 Å². The lowest BCUT2D eigenvalue weighted by Gasteiger charge is -2.15. The number of rotatable bonds is 2. The van der Waals surface area contributed by atoms with E-state index in [-0.39, 0.29) is 5.82 Å². The summed E-state index contributed by atoms with van der Waals surface area (Å²) >= 11 is 0. The van der Waals surface area contributed by atoms with E-state index in [0.717, 1.165) is 0 Å². The van der Waals surface area contributed by atoms with Gasteiger partial charge < -0.3 is 25.3 Å². The number of aliphatic hydroxyl groups is 2. The van der Waals surface area contributed by atoms with Crippen LogP contribution in [0.3, 0.4) is 0 Å². The molecule has 7 nitrogen and oxygen atoms in total. The molecule has 1 fully saturated rings. The topological polar surface area (TPSA) is 106 Å². The first-order valence-corrected chi connectivity index (χ1v) is 5.79. The molecule has 3 heterocycles. The van der Waals surface area contributed by atoms with Gasteiger partial charge in [0, 0.05) is 6.20 Å². The lowest BCUT2D eigenvalue weighted by atomic mass is 10.1. The van der Waals surface area contributed by atoms with Crippen LogP contribution < -0.4 is 5.73 Å². The van der Waals surface area contributed by atoms with Crippen molar-refractivity contribution in [1.82, 2.24) is 14.5 Å². The molecule has 102 valence electrons. The molecule has 1 aliphatic heterocycles. The second kappa shape index (κ2) is 4.41. The lowest BCUT2D eigenvalue weighted by molar-refractivity contribution is -0.0457. The highest BCUT2D eigenvalue weighted by molar-refractivity contribution is 5.86. The first kappa shape index (κ1) is 12.3. The van der Waals surface area contributed by atoms with Gasteiger partial charge in [0.25, 0.3) is 0 Å². The molecule has 0 saturated carbocycles. The van der Waals surface area contributed by atoms with Gasteiger partial charge in [-0.2, -0.15) is 0 Å². The third-order valence-corrected chi connectivity index (χ3v) is 3.29. The van der Waals surface area contributed by atoms with E-state index in [9.17, 15) is 9.50 Å². The number of halogens is 1. The third kappa shape index (κ3) is 1.76. The molecule has 0 amide bonds. The van der Waals surface area contributed by atoms with E-state index in [4.69, 9.17) is 15.6 Å². The minimum absolute atomic E-state index is 0.288. The van der Waals surface area contributed by atoms with E-state index < -0.39 is 31.2 Å². The SMILES string of the molecule is Nc1ncnc2c1ccn2[C@@H]1O[C@H](CO)C(O)[C@H]1F. The molecule has 4 N–H and O–H groups in total. The molecule has 0 spiro atoms. The Labute approximate surface area is 107 Å². The Morgan fingerprint density at radius 1 is 1.47 bits per heavy atom. The van der Waals surface area contributed by atoms with Crippen LogP contribution in [-0.4, -0.2) is 49.7 Å². The Balaban J connectivity index is 2.04. The summed E-state index contributed by atoms with van der Waals surface area (Å²) in [5.41, 5.74) is 6.12. The summed E-state index contributed by atoms with van der Waals surface area (Å²) in [5, 5.41) is 19.2. The van der Waals surface area contributed by atoms with Crippen LogP contribution in [0.5, 0.6) is 0 Å². The summed E-state index contributed by atoms with van der Waals surface area (Å²) < 4.78 is 20.8. The number of nitrogens with zero attached hydrogens (tertiary/aromatic N) is 3. The average Bonchev–Trinajstić information content (AvgIpc) is 2.94. The monoisotopic (exact) mass is 268 g/mol. The van der Waals surface area contributed by atoms with Crippen molar-refractivity contribution in [2.24, 2.45) is 0 Å². The molecule has 0 aromatic carbocycles. The molecular weight excluding hydrogens is 255 g/mol. The highest BCUT2D eigenvalue weighted by Crippen LogP contribution is 2.34. The van der Waals surface area contributed by atoms with Gasteiger partial charge in [-0.3, -0.25) is 0 Å². The predicted octanol–water partition coefficient (Wildman–Crippen LogP) is -0.398. The van der Waals surface area contributed by atoms with Gasteiger partial charge in [-0.05, 0) is 6.07 Å². The van der Waals surface area contributed by atoms with Crippen molar-refractivity contribution in [3.8, 4) is 0 Å². The minimum Gasteiger partial charge on any atom is -0.394 e. The summed E-state index contributed by atoms with van der Waals surface area (Å²) in [6.45, 7) is -0.450. The smallest absolute Gasteiger partial charge is 0.173 e. The number of hydrogen-bond donors (Lipinski definition) is 3. The fourth-order valence-electron chi connectivity index (χ4n) is 2.27. The zero-order chi connectivity index (χ0) is 13.6. The van der Waals surface area contributed by atoms with Gasteiger partial charge in [-0.1, -0.05) is 0 Å². The Kier molecular flexibility index (Phi) is 2.85. The molecule has 1 saturated heterocycles. The van der Waals surface area contributed by atoms with Gasteiger partial charge >= 0.3 is 0 Å². The van der Waals surface area contributed by atoms with Gasteiger partial charge in [0.1, 0.15) is 30.0 Å². The van der Waals surface area contributed by atoms with E-state index in [1.54, 1.807) is 12.3 Å². The maximum atomic E-state index is 14.0. The number of nitrogens with two attached hydrogens (primary N) is 1. The van der Waals surface area contributed by atoms with Crippen molar-refractivity contribution < 1.29 is 19.3 Å². The Bertz CT molecular complexity index is 605. The predicted molar refractivity (Wildman–Crippen MR) is 63.8 cm³/mol. The highest BCUT2D eigenvalue weighted by Gasteiger charge is 2.45.